The van der Waals surface area contributed by atoms with Crippen LogP contribution in [-0.4, -0.2) is 23.0 Å². The van der Waals surface area contributed by atoms with Gasteiger partial charge in [0.2, 0.25) is 0 Å². The number of carboxylic acid groups (broad SMARTS) is 1. The molecule has 0 heterocycles. The number of rotatable bonds is 7. The van der Waals surface area contributed by atoms with Gasteiger partial charge < -0.3 is 15.2 Å². The summed E-state index contributed by atoms with van der Waals surface area (Å²) in [7, 11) is 0. The third-order valence-electron chi connectivity index (χ3n) is 7.72. The standard InChI is InChI=1S/C28H26F3NO4/c29-28(30,31)20-8-5-18(6-9-20)16-36-23-21-4-2-1-3-19(21)7-10-22(23)25(33)32-24(26(34)35)27-13-11-17(15-27)12-14-27/h1-10,17,24H,11-16H2,(H,32,33)(H,34,35). The number of alkyl halides is 3. The second-order valence-electron chi connectivity index (χ2n) is 9.90. The lowest BCUT2D eigenvalue weighted by Gasteiger charge is -2.33. The van der Waals surface area contributed by atoms with E-state index in [2.05, 4.69) is 5.32 Å². The number of hydrogen-bond acceptors (Lipinski definition) is 3. The summed E-state index contributed by atoms with van der Waals surface area (Å²) >= 11 is 0. The van der Waals surface area contributed by atoms with Gasteiger partial charge >= 0.3 is 12.1 Å². The van der Waals surface area contributed by atoms with E-state index in [0.29, 0.717) is 16.9 Å². The molecule has 1 amide bonds. The molecule has 2 saturated carbocycles. The highest BCUT2D eigenvalue weighted by atomic mass is 19.4. The quantitative estimate of drug-likeness (QED) is 0.408. The van der Waals surface area contributed by atoms with Crippen LogP contribution >= 0.6 is 0 Å². The maximum atomic E-state index is 13.4. The fourth-order valence-electron chi connectivity index (χ4n) is 5.85. The average molecular weight is 498 g/mol. The van der Waals surface area contributed by atoms with Crippen LogP contribution in [0.5, 0.6) is 5.75 Å². The molecule has 3 aromatic carbocycles. The van der Waals surface area contributed by atoms with Crippen LogP contribution in [0.1, 0.15) is 53.6 Å². The van der Waals surface area contributed by atoms with Gasteiger partial charge in [0.1, 0.15) is 18.4 Å². The number of amides is 1. The molecule has 3 aromatic rings. The number of carbonyl (C=O) groups excluding carboxylic acids is 1. The molecular weight excluding hydrogens is 471 g/mol. The zero-order valence-corrected chi connectivity index (χ0v) is 19.5. The summed E-state index contributed by atoms with van der Waals surface area (Å²) in [5.41, 5.74) is -0.482. The van der Waals surface area contributed by atoms with Gasteiger partial charge in [-0.05, 0) is 67.2 Å². The first kappa shape index (κ1) is 24.2. The van der Waals surface area contributed by atoms with E-state index in [0.717, 1.165) is 49.6 Å². The van der Waals surface area contributed by atoms with Gasteiger partial charge in [0, 0.05) is 10.8 Å². The first-order valence-electron chi connectivity index (χ1n) is 12.0. The third-order valence-corrected chi connectivity index (χ3v) is 7.72. The molecule has 2 aliphatic carbocycles. The Balaban J connectivity index is 1.43. The molecule has 0 aromatic heterocycles. The lowest BCUT2D eigenvalue weighted by molar-refractivity contribution is -0.143. The molecule has 188 valence electrons. The van der Waals surface area contributed by atoms with Gasteiger partial charge in [-0.2, -0.15) is 13.2 Å². The minimum atomic E-state index is -4.43. The Morgan fingerprint density at radius 1 is 1.03 bits per heavy atom. The second kappa shape index (κ2) is 9.15. The van der Waals surface area contributed by atoms with Gasteiger partial charge in [0.25, 0.3) is 5.91 Å². The monoisotopic (exact) mass is 497 g/mol. The Kier molecular flexibility index (Phi) is 6.14. The molecule has 36 heavy (non-hydrogen) atoms. The van der Waals surface area contributed by atoms with Gasteiger partial charge in [0.15, 0.2) is 0 Å². The number of halogens is 3. The summed E-state index contributed by atoms with van der Waals surface area (Å²) in [5, 5.41) is 14.2. The predicted octanol–water partition coefficient (Wildman–Crippen LogP) is 6.20. The lowest BCUT2D eigenvalue weighted by Crippen LogP contribution is -2.51. The van der Waals surface area contributed by atoms with Crippen LogP contribution in [0.2, 0.25) is 0 Å². The minimum absolute atomic E-state index is 0.0552. The van der Waals surface area contributed by atoms with Crippen molar-refractivity contribution in [3.8, 4) is 5.75 Å². The van der Waals surface area contributed by atoms with E-state index in [9.17, 15) is 27.9 Å². The number of ether oxygens (including phenoxy) is 1. The Labute approximate surface area is 206 Å². The first-order chi connectivity index (χ1) is 17.2. The molecule has 2 bridgehead atoms. The van der Waals surface area contributed by atoms with Crippen molar-refractivity contribution in [2.75, 3.05) is 0 Å². The average Bonchev–Trinajstić information content (AvgIpc) is 3.47. The van der Waals surface area contributed by atoms with Gasteiger partial charge in [-0.3, -0.25) is 4.79 Å². The van der Waals surface area contributed by atoms with Crippen LogP contribution in [0.25, 0.3) is 10.8 Å². The van der Waals surface area contributed by atoms with Gasteiger partial charge in [-0.25, -0.2) is 4.79 Å². The molecular formula is C28H26F3NO4. The maximum absolute atomic E-state index is 13.4. The topological polar surface area (TPSA) is 75.6 Å². The summed E-state index contributed by atoms with van der Waals surface area (Å²) in [4.78, 5) is 25.7. The normalized spacial score (nSPS) is 21.9. The number of fused-ring (bicyclic) bond motifs is 3. The fraction of sp³-hybridized carbons (Fsp3) is 0.357. The van der Waals surface area contributed by atoms with Crippen LogP contribution in [0.3, 0.4) is 0 Å². The molecule has 0 spiro atoms. The highest BCUT2D eigenvalue weighted by Gasteiger charge is 2.53. The van der Waals surface area contributed by atoms with Gasteiger partial charge in [-0.15, -0.1) is 0 Å². The minimum Gasteiger partial charge on any atom is -0.487 e. The second-order valence-corrected chi connectivity index (χ2v) is 9.90. The van der Waals surface area contributed by atoms with Crippen molar-refractivity contribution in [3.05, 3.63) is 77.4 Å². The smallest absolute Gasteiger partial charge is 0.416 e. The molecule has 5 rings (SSSR count). The van der Waals surface area contributed by atoms with Crippen molar-refractivity contribution in [2.24, 2.45) is 11.3 Å². The molecule has 0 radical (unpaired) electrons. The zero-order valence-electron chi connectivity index (χ0n) is 19.5. The summed E-state index contributed by atoms with van der Waals surface area (Å²) in [5.74, 6) is -0.797. The van der Waals surface area contributed by atoms with Crippen LogP contribution in [-0.2, 0) is 17.6 Å². The van der Waals surface area contributed by atoms with E-state index < -0.39 is 35.1 Å². The summed E-state index contributed by atoms with van der Waals surface area (Å²) in [6.07, 6.45) is -0.0968. The van der Waals surface area contributed by atoms with E-state index in [-0.39, 0.29) is 17.9 Å². The van der Waals surface area contributed by atoms with Crippen molar-refractivity contribution in [2.45, 2.75) is 50.9 Å². The lowest BCUT2D eigenvalue weighted by atomic mass is 9.77. The van der Waals surface area contributed by atoms with Crippen molar-refractivity contribution >= 4 is 22.6 Å². The molecule has 2 fully saturated rings. The highest BCUT2D eigenvalue weighted by Crippen LogP contribution is 2.56. The van der Waals surface area contributed by atoms with E-state index in [4.69, 9.17) is 4.74 Å². The number of carboxylic acids is 1. The predicted molar refractivity (Wildman–Crippen MR) is 128 cm³/mol. The van der Waals surface area contributed by atoms with Crippen LogP contribution in [0.15, 0.2) is 60.7 Å². The molecule has 5 nitrogen and oxygen atoms in total. The molecule has 2 N–H and O–H groups in total. The Bertz CT molecular complexity index is 1290. The van der Waals surface area contributed by atoms with E-state index in [1.54, 1.807) is 24.3 Å². The Hall–Kier alpha value is -3.55. The third kappa shape index (κ3) is 4.52. The van der Waals surface area contributed by atoms with Gasteiger partial charge in [0.05, 0.1) is 11.1 Å². The van der Waals surface area contributed by atoms with E-state index >= 15 is 0 Å². The molecule has 2 aliphatic rings. The zero-order chi connectivity index (χ0) is 25.5. The van der Waals surface area contributed by atoms with Crippen LogP contribution in [0, 0.1) is 11.3 Å². The Morgan fingerprint density at radius 3 is 2.33 bits per heavy atom. The van der Waals surface area contributed by atoms with Crippen molar-refractivity contribution in [1.82, 2.24) is 5.32 Å². The Morgan fingerprint density at radius 2 is 1.72 bits per heavy atom. The van der Waals surface area contributed by atoms with Crippen molar-refractivity contribution in [3.63, 3.8) is 0 Å². The van der Waals surface area contributed by atoms with E-state index in [1.807, 2.05) is 12.1 Å². The number of aliphatic carboxylic acids is 1. The van der Waals surface area contributed by atoms with E-state index in [1.165, 1.54) is 12.1 Å². The largest absolute Gasteiger partial charge is 0.487 e. The molecule has 8 heteroatoms. The van der Waals surface area contributed by atoms with Gasteiger partial charge in [-0.1, -0.05) is 42.5 Å². The summed E-state index contributed by atoms with van der Waals surface area (Å²) in [6, 6.07) is 14.3. The number of benzene rings is 3. The SMILES string of the molecule is O=C(NC(C(=O)O)C12CCC(CC1)C2)c1ccc2ccccc2c1OCc1ccc(C(F)(F)F)cc1. The molecule has 1 unspecified atom stereocenters. The molecule has 0 aliphatic heterocycles. The maximum Gasteiger partial charge on any atom is 0.416 e. The number of nitrogens with one attached hydrogen (secondary N) is 1. The number of hydrogen-bond donors (Lipinski definition) is 2. The molecule has 0 saturated heterocycles. The first-order valence-corrected chi connectivity index (χ1v) is 12.0. The van der Waals surface area contributed by atoms with Crippen LogP contribution < -0.4 is 10.1 Å². The summed E-state index contributed by atoms with van der Waals surface area (Å²) in [6.45, 7) is -0.0552. The summed E-state index contributed by atoms with van der Waals surface area (Å²) < 4.78 is 44.7. The number of carbonyl (C=O) groups is 2. The highest BCUT2D eigenvalue weighted by molar-refractivity contribution is 6.05. The van der Waals surface area contributed by atoms with Crippen LogP contribution in [0.4, 0.5) is 13.2 Å². The molecule has 1 atom stereocenters. The fourth-order valence-corrected chi connectivity index (χ4v) is 5.85. The van der Waals surface area contributed by atoms with Crippen molar-refractivity contribution < 1.29 is 32.6 Å². The van der Waals surface area contributed by atoms with Crippen molar-refractivity contribution in [1.29, 1.82) is 0 Å².